The minimum atomic E-state index is -4.93. The molecule has 3 aromatic carbocycles. The lowest BCUT2D eigenvalue weighted by atomic mass is 9.78. The van der Waals surface area contributed by atoms with Gasteiger partial charge in [0.05, 0.1) is 41.0 Å². The van der Waals surface area contributed by atoms with Gasteiger partial charge >= 0.3 is 12.4 Å². The molecule has 4 nitrogen and oxygen atoms in total. The minimum absolute atomic E-state index is 0.0312. The molecule has 2 bridgehead atoms. The van der Waals surface area contributed by atoms with Gasteiger partial charge < -0.3 is 9.15 Å². The molecule has 4 aromatic rings. The first kappa shape index (κ1) is 29.4. The molecule has 0 radical (unpaired) electrons. The van der Waals surface area contributed by atoms with Gasteiger partial charge in [-0.25, -0.2) is 4.98 Å². The Bertz CT molecular complexity index is 1520. The number of alkyl halides is 6. The minimum Gasteiger partial charge on any atom is -0.448 e. The number of aromatic nitrogens is 1. The Labute approximate surface area is 245 Å². The van der Waals surface area contributed by atoms with Crippen LogP contribution in [0.15, 0.2) is 89.5 Å². The van der Waals surface area contributed by atoms with E-state index in [4.69, 9.17) is 9.15 Å². The monoisotopic (exact) mass is 600 g/mol. The number of aryl methyl sites for hydroxylation is 1. The second-order valence-corrected chi connectivity index (χ2v) is 11.4. The van der Waals surface area contributed by atoms with Crippen molar-refractivity contribution in [2.24, 2.45) is 0 Å². The van der Waals surface area contributed by atoms with Gasteiger partial charge in [0.15, 0.2) is 5.89 Å². The van der Waals surface area contributed by atoms with E-state index in [1.54, 1.807) is 6.26 Å². The molecule has 1 aromatic heterocycles. The van der Waals surface area contributed by atoms with Crippen molar-refractivity contribution in [3.8, 4) is 0 Å². The fourth-order valence-corrected chi connectivity index (χ4v) is 6.89. The Morgan fingerprint density at radius 1 is 0.860 bits per heavy atom. The van der Waals surface area contributed by atoms with Crippen LogP contribution in [0.1, 0.15) is 64.6 Å². The second-order valence-electron chi connectivity index (χ2n) is 11.4. The molecule has 4 atom stereocenters. The molecule has 0 spiro atoms. The van der Waals surface area contributed by atoms with E-state index in [-0.39, 0.29) is 23.6 Å². The second kappa shape index (κ2) is 11.1. The summed E-state index contributed by atoms with van der Waals surface area (Å²) in [6.45, 7) is 2.02. The Kier molecular flexibility index (Phi) is 7.62. The van der Waals surface area contributed by atoms with Crippen LogP contribution < -0.4 is 0 Å². The predicted molar refractivity (Wildman–Crippen MR) is 147 cm³/mol. The highest BCUT2D eigenvalue weighted by Crippen LogP contribution is 2.57. The molecule has 10 heteroatoms. The van der Waals surface area contributed by atoms with Gasteiger partial charge in [-0.1, -0.05) is 60.7 Å². The maximum absolute atomic E-state index is 13.6. The lowest BCUT2D eigenvalue weighted by molar-refractivity contribution is -0.143. The Morgan fingerprint density at radius 3 is 2.07 bits per heavy atom. The van der Waals surface area contributed by atoms with Gasteiger partial charge in [0.2, 0.25) is 0 Å². The number of rotatable bonds is 7. The van der Waals surface area contributed by atoms with Crippen LogP contribution in [-0.2, 0) is 35.8 Å². The number of oxazole rings is 1. The molecule has 0 amide bonds. The molecular weight excluding hydrogens is 570 g/mol. The van der Waals surface area contributed by atoms with Crippen molar-refractivity contribution in [2.45, 2.75) is 75.3 Å². The van der Waals surface area contributed by atoms with E-state index in [0.29, 0.717) is 31.7 Å². The van der Waals surface area contributed by atoms with Crippen LogP contribution in [0.4, 0.5) is 26.3 Å². The first-order chi connectivity index (χ1) is 20.4. The van der Waals surface area contributed by atoms with E-state index in [1.807, 2.05) is 67.6 Å². The molecule has 2 fully saturated rings. The third-order valence-corrected chi connectivity index (χ3v) is 8.69. The van der Waals surface area contributed by atoms with Crippen LogP contribution >= 0.6 is 0 Å². The number of piperidine rings is 1. The first-order valence-corrected chi connectivity index (χ1v) is 14.1. The zero-order valence-corrected chi connectivity index (χ0v) is 23.3. The number of halogens is 6. The first-order valence-electron chi connectivity index (χ1n) is 14.1. The number of hydrogen-bond donors (Lipinski definition) is 0. The molecular formula is C33H30F6N2O2. The summed E-state index contributed by atoms with van der Waals surface area (Å²) in [5.41, 5.74) is -0.822. The van der Waals surface area contributed by atoms with Gasteiger partial charge in [0.25, 0.3) is 0 Å². The van der Waals surface area contributed by atoms with Crippen molar-refractivity contribution in [3.63, 3.8) is 0 Å². The highest BCUT2D eigenvalue weighted by molar-refractivity contribution is 5.36. The van der Waals surface area contributed by atoms with Crippen molar-refractivity contribution < 1.29 is 35.5 Å². The molecule has 0 N–H and O–H groups in total. The van der Waals surface area contributed by atoms with Gasteiger partial charge in [-0.3, -0.25) is 4.90 Å². The van der Waals surface area contributed by atoms with Crippen LogP contribution in [0, 0.1) is 6.92 Å². The van der Waals surface area contributed by atoms with Crippen LogP contribution in [0.25, 0.3) is 0 Å². The van der Waals surface area contributed by atoms with Crippen molar-refractivity contribution >= 4 is 0 Å². The number of nitrogens with zero attached hydrogens (tertiary/aromatic N) is 2. The lowest BCUT2D eigenvalue weighted by Gasteiger charge is -2.50. The average Bonchev–Trinajstić information content (AvgIpc) is 3.49. The van der Waals surface area contributed by atoms with E-state index in [1.165, 1.54) is 0 Å². The Hall–Kier alpha value is -3.63. The van der Waals surface area contributed by atoms with Crippen molar-refractivity contribution in [3.05, 3.63) is 125 Å². The summed E-state index contributed by atoms with van der Waals surface area (Å²) < 4.78 is 93.7. The summed E-state index contributed by atoms with van der Waals surface area (Å²) in [4.78, 5) is 7.03. The Morgan fingerprint density at radius 2 is 1.49 bits per heavy atom. The van der Waals surface area contributed by atoms with E-state index < -0.39 is 41.7 Å². The van der Waals surface area contributed by atoms with Crippen molar-refractivity contribution in [2.75, 3.05) is 0 Å². The molecule has 43 heavy (non-hydrogen) atoms. The standard InChI is InChI=1S/C33H30F6N2O2/c1-21-19-43-30(40-21)27-17-31(24-10-6-3-7-11-24)29(13-12-28(27)41(31)18-22-8-4-2-5-9-22)42-20-23-14-25(32(34,35)36)16-26(15-23)33(37,38)39/h2-11,14-16,19,27-29H,12-13,17-18,20H2,1H3/t27-,28+,29-,31-/m1/s1. The van der Waals surface area contributed by atoms with Gasteiger partial charge in [0, 0.05) is 12.6 Å². The Balaban J connectivity index is 1.41. The van der Waals surface area contributed by atoms with Crippen molar-refractivity contribution in [1.29, 1.82) is 0 Å². The lowest BCUT2D eigenvalue weighted by Crippen LogP contribution is -2.56. The number of ether oxygens (including phenoxy) is 1. The van der Waals surface area contributed by atoms with E-state index in [2.05, 4.69) is 9.88 Å². The average molecular weight is 601 g/mol. The largest absolute Gasteiger partial charge is 0.448 e. The van der Waals surface area contributed by atoms with Gasteiger partial charge in [0.1, 0.15) is 6.26 Å². The van der Waals surface area contributed by atoms with Gasteiger partial charge in [-0.15, -0.1) is 0 Å². The highest BCUT2D eigenvalue weighted by atomic mass is 19.4. The SMILES string of the molecule is Cc1coc([C@@H]2C[C@@]3(c4ccccc4)[C@H](OCc4cc(C(F)(F)F)cc(C(F)(F)F)c4)CC[C@@H]2N3Cc2ccccc2)n1. The zero-order chi connectivity index (χ0) is 30.4. The fourth-order valence-electron chi connectivity index (χ4n) is 6.89. The molecule has 0 unspecified atom stereocenters. The third-order valence-electron chi connectivity index (χ3n) is 8.69. The summed E-state index contributed by atoms with van der Waals surface area (Å²) in [5.74, 6) is 0.531. The fraction of sp³-hybridized carbons (Fsp3) is 0.364. The maximum Gasteiger partial charge on any atom is 0.416 e. The van der Waals surface area contributed by atoms with E-state index >= 15 is 0 Å². The predicted octanol–water partition coefficient (Wildman–Crippen LogP) is 8.65. The molecule has 2 aliphatic rings. The maximum atomic E-state index is 13.6. The number of benzene rings is 3. The molecule has 226 valence electrons. The van der Waals surface area contributed by atoms with Gasteiger partial charge in [-0.2, -0.15) is 26.3 Å². The number of fused-ring (bicyclic) bond motifs is 2. The smallest absolute Gasteiger partial charge is 0.416 e. The van der Waals surface area contributed by atoms with E-state index in [0.717, 1.165) is 29.0 Å². The van der Waals surface area contributed by atoms with Crippen LogP contribution in [0.3, 0.4) is 0 Å². The quantitative estimate of drug-likeness (QED) is 0.199. The third kappa shape index (κ3) is 5.70. The topological polar surface area (TPSA) is 38.5 Å². The van der Waals surface area contributed by atoms with Crippen molar-refractivity contribution in [1.82, 2.24) is 9.88 Å². The zero-order valence-electron chi connectivity index (χ0n) is 23.3. The summed E-state index contributed by atoms with van der Waals surface area (Å²) in [6.07, 6.45) is -6.96. The van der Waals surface area contributed by atoms with Crippen LogP contribution in [0.5, 0.6) is 0 Å². The van der Waals surface area contributed by atoms with Gasteiger partial charge in [-0.05, 0) is 61.1 Å². The number of hydrogen-bond acceptors (Lipinski definition) is 4. The summed E-state index contributed by atoms with van der Waals surface area (Å²) >= 11 is 0. The molecule has 2 saturated heterocycles. The normalized spacial score (nSPS) is 24.4. The van der Waals surface area contributed by atoms with Crippen LogP contribution in [0.2, 0.25) is 0 Å². The highest BCUT2D eigenvalue weighted by Gasteiger charge is 2.61. The molecule has 3 heterocycles. The molecule has 0 aliphatic carbocycles. The summed E-state index contributed by atoms with van der Waals surface area (Å²) in [6, 6.07) is 21.4. The van der Waals surface area contributed by atoms with E-state index in [9.17, 15) is 26.3 Å². The summed E-state index contributed by atoms with van der Waals surface area (Å²) in [7, 11) is 0. The summed E-state index contributed by atoms with van der Waals surface area (Å²) in [5, 5.41) is 0. The molecule has 0 saturated carbocycles. The molecule has 6 rings (SSSR count). The van der Waals surface area contributed by atoms with Crippen LogP contribution in [-0.4, -0.2) is 22.0 Å². The molecule has 2 aliphatic heterocycles.